The summed E-state index contributed by atoms with van der Waals surface area (Å²) < 4.78 is 0. The lowest BCUT2D eigenvalue weighted by Gasteiger charge is -2.17. The van der Waals surface area contributed by atoms with E-state index in [1.54, 1.807) is 0 Å². The second-order valence-corrected chi connectivity index (χ2v) is 2.27. The Kier molecular flexibility index (Phi) is 2.49. The lowest BCUT2D eigenvalue weighted by molar-refractivity contribution is 0.101. The molecule has 1 amide bonds. The van der Waals surface area contributed by atoms with Crippen LogP contribution in [0.1, 0.15) is 10.4 Å². The fourth-order valence-corrected chi connectivity index (χ4v) is 0.917. The standard InChI is InChI=1S/C7H5NO.CHO3/c9-7-5-3-1-2-4-6(5)8-7;2-1(3)4/h1-4H,(H,8,9);(H,2,3). The van der Waals surface area contributed by atoms with Gasteiger partial charge in [0.2, 0.25) is 0 Å². The average molecular weight is 180 g/mol. The first kappa shape index (κ1) is 9.05. The van der Waals surface area contributed by atoms with Crippen molar-refractivity contribution >= 4 is 17.7 Å². The molecular formula is C8H6NO4. The fourth-order valence-electron chi connectivity index (χ4n) is 0.917. The summed E-state index contributed by atoms with van der Waals surface area (Å²) in [7, 11) is 0. The minimum absolute atomic E-state index is 0.0330. The maximum Gasteiger partial charge on any atom is 0.547 e. The monoisotopic (exact) mass is 180 g/mol. The molecule has 1 aliphatic rings. The maximum absolute atomic E-state index is 10.6. The predicted molar refractivity (Wildman–Crippen MR) is 43.1 cm³/mol. The summed E-state index contributed by atoms with van der Waals surface area (Å²) in [5.41, 5.74) is 1.75. The topological polar surface area (TPSA) is 86.3 Å². The molecule has 0 aliphatic carbocycles. The molecule has 2 rings (SSSR count). The van der Waals surface area contributed by atoms with Crippen molar-refractivity contribution in [3.05, 3.63) is 29.8 Å². The van der Waals surface area contributed by atoms with E-state index in [4.69, 9.17) is 15.0 Å². The lowest BCUT2D eigenvalue weighted by Crippen LogP contribution is -2.23. The van der Waals surface area contributed by atoms with Crippen molar-refractivity contribution in [2.45, 2.75) is 0 Å². The molecule has 0 unspecified atom stereocenters. The summed E-state index contributed by atoms with van der Waals surface area (Å²) >= 11 is 0. The number of hydrogen-bond acceptors (Lipinski definition) is 2. The second kappa shape index (κ2) is 3.57. The number of hydrogen-bond donors (Lipinski definition) is 2. The number of amides is 1. The Morgan fingerprint density at radius 2 is 1.85 bits per heavy atom. The zero-order chi connectivity index (χ0) is 9.84. The highest BCUT2D eigenvalue weighted by Gasteiger charge is 2.19. The van der Waals surface area contributed by atoms with E-state index in [0.29, 0.717) is 0 Å². The molecule has 0 bridgehead atoms. The summed E-state index contributed by atoms with van der Waals surface area (Å²) in [5.74, 6) is 0.0330. The molecule has 0 fully saturated rings. The number of fused-ring (bicyclic) bond motifs is 1. The quantitative estimate of drug-likeness (QED) is 0.631. The van der Waals surface area contributed by atoms with E-state index in [-0.39, 0.29) is 5.91 Å². The number of anilines is 1. The van der Waals surface area contributed by atoms with E-state index in [2.05, 4.69) is 5.32 Å². The molecule has 1 aliphatic heterocycles. The first-order valence-corrected chi connectivity index (χ1v) is 3.41. The number of rotatable bonds is 0. The Morgan fingerprint density at radius 3 is 2.23 bits per heavy atom. The molecule has 0 saturated heterocycles. The van der Waals surface area contributed by atoms with Gasteiger partial charge < -0.3 is 10.4 Å². The Bertz CT molecular complexity index is 344. The number of benzene rings is 1. The number of nitrogens with one attached hydrogen (secondary N) is 1. The summed E-state index contributed by atoms with van der Waals surface area (Å²) in [5, 5.41) is 18.0. The highest BCUT2D eigenvalue weighted by molar-refractivity contribution is 6.17. The summed E-state index contributed by atoms with van der Waals surface area (Å²) in [6.45, 7) is 0. The normalized spacial score (nSPS) is 11.2. The molecule has 1 aromatic carbocycles. The minimum atomic E-state index is -2.08. The van der Waals surface area contributed by atoms with Gasteiger partial charge in [-0.05, 0) is 12.1 Å². The number of carboxylic acid groups (broad SMARTS) is 1. The molecule has 5 heteroatoms. The van der Waals surface area contributed by atoms with Crippen LogP contribution in [0.4, 0.5) is 10.5 Å². The first-order valence-electron chi connectivity index (χ1n) is 3.41. The molecule has 13 heavy (non-hydrogen) atoms. The van der Waals surface area contributed by atoms with Crippen LogP contribution in [0, 0.1) is 0 Å². The van der Waals surface area contributed by atoms with Gasteiger partial charge in [-0.2, -0.15) is 0 Å². The van der Waals surface area contributed by atoms with E-state index >= 15 is 0 Å². The Labute approximate surface area is 73.6 Å². The van der Waals surface area contributed by atoms with Crippen molar-refractivity contribution in [3.63, 3.8) is 0 Å². The molecule has 0 atom stereocenters. The van der Waals surface area contributed by atoms with Gasteiger partial charge in [-0.15, -0.1) is 0 Å². The smallest absolute Gasteiger partial charge is 0.447 e. The van der Waals surface area contributed by atoms with Crippen LogP contribution in [0.15, 0.2) is 24.3 Å². The van der Waals surface area contributed by atoms with E-state index in [0.717, 1.165) is 11.3 Å². The van der Waals surface area contributed by atoms with Gasteiger partial charge in [0.25, 0.3) is 5.91 Å². The van der Waals surface area contributed by atoms with Crippen LogP contribution >= 0.6 is 0 Å². The van der Waals surface area contributed by atoms with Crippen LogP contribution in [-0.2, 0) is 5.11 Å². The Morgan fingerprint density at radius 1 is 1.31 bits per heavy atom. The highest BCUT2D eigenvalue weighted by Crippen LogP contribution is 2.23. The SMILES string of the molecule is O=C1Nc2ccccc21.[O]C(=O)O. The van der Waals surface area contributed by atoms with Crippen molar-refractivity contribution in [2.24, 2.45) is 0 Å². The lowest BCUT2D eigenvalue weighted by atomic mass is 10.1. The van der Waals surface area contributed by atoms with Gasteiger partial charge in [0, 0.05) is 0 Å². The molecule has 0 spiro atoms. The van der Waals surface area contributed by atoms with E-state index in [1.165, 1.54) is 0 Å². The maximum atomic E-state index is 10.6. The van der Waals surface area contributed by atoms with Crippen LogP contribution in [0.5, 0.6) is 0 Å². The molecule has 1 aromatic rings. The minimum Gasteiger partial charge on any atom is -0.447 e. The van der Waals surface area contributed by atoms with Crippen LogP contribution in [-0.4, -0.2) is 17.2 Å². The number of carbonyl (C=O) groups is 2. The molecule has 0 aromatic heterocycles. The summed E-state index contributed by atoms with van der Waals surface area (Å²) in [6.07, 6.45) is -2.08. The molecule has 2 N–H and O–H groups in total. The van der Waals surface area contributed by atoms with Gasteiger partial charge in [-0.3, -0.25) is 4.79 Å². The van der Waals surface area contributed by atoms with Gasteiger partial charge in [0.05, 0.1) is 11.3 Å². The molecule has 1 radical (unpaired) electrons. The van der Waals surface area contributed by atoms with Crippen molar-refractivity contribution in [1.29, 1.82) is 0 Å². The van der Waals surface area contributed by atoms with Gasteiger partial charge in [-0.25, -0.2) is 9.90 Å². The zero-order valence-electron chi connectivity index (χ0n) is 6.48. The van der Waals surface area contributed by atoms with E-state index < -0.39 is 6.16 Å². The molecule has 5 nitrogen and oxygen atoms in total. The van der Waals surface area contributed by atoms with Crippen LogP contribution in [0.2, 0.25) is 0 Å². The Hall–Kier alpha value is -2.04. The third kappa shape index (κ3) is 2.19. The van der Waals surface area contributed by atoms with E-state index in [9.17, 15) is 4.79 Å². The third-order valence-corrected chi connectivity index (χ3v) is 1.42. The van der Waals surface area contributed by atoms with Crippen molar-refractivity contribution in [2.75, 3.05) is 5.32 Å². The third-order valence-electron chi connectivity index (χ3n) is 1.42. The van der Waals surface area contributed by atoms with Crippen molar-refractivity contribution < 1.29 is 19.8 Å². The van der Waals surface area contributed by atoms with Gasteiger partial charge in [0.1, 0.15) is 0 Å². The largest absolute Gasteiger partial charge is 0.547 e. The number of para-hydroxylation sites is 1. The van der Waals surface area contributed by atoms with Gasteiger partial charge in [0.15, 0.2) is 0 Å². The molecule has 0 saturated carbocycles. The van der Waals surface area contributed by atoms with Crippen LogP contribution in [0.3, 0.4) is 0 Å². The molecule has 67 valence electrons. The van der Waals surface area contributed by atoms with Crippen molar-refractivity contribution in [3.8, 4) is 0 Å². The zero-order valence-corrected chi connectivity index (χ0v) is 6.48. The Balaban J connectivity index is 0.000000184. The van der Waals surface area contributed by atoms with Crippen molar-refractivity contribution in [1.82, 2.24) is 0 Å². The second-order valence-electron chi connectivity index (χ2n) is 2.27. The van der Waals surface area contributed by atoms with E-state index in [1.807, 2.05) is 24.3 Å². The predicted octanol–water partition coefficient (Wildman–Crippen LogP) is 1.35. The van der Waals surface area contributed by atoms with Crippen LogP contribution in [0.25, 0.3) is 0 Å². The summed E-state index contributed by atoms with van der Waals surface area (Å²) in [6, 6.07) is 7.46. The van der Waals surface area contributed by atoms with Crippen LogP contribution < -0.4 is 5.32 Å². The average Bonchev–Trinajstić information content (AvgIpc) is 2.02. The summed E-state index contributed by atoms with van der Waals surface area (Å²) in [4.78, 5) is 19.1. The molecular weight excluding hydrogens is 174 g/mol. The van der Waals surface area contributed by atoms with Gasteiger partial charge >= 0.3 is 6.16 Å². The highest BCUT2D eigenvalue weighted by atomic mass is 16.6. The van der Waals surface area contributed by atoms with Gasteiger partial charge in [-0.1, -0.05) is 12.1 Å². The fraction of sp³-hybridized carbons (Fsp3) is 0. The molecule has 1 heterocycles. The number of carbonyl (C=O) groups excluding carboxylic acids is 1. The first-order chi connectivity index (χ1) is 6.11.